The summed E-state index contributed by atoms with van der Waals surface area (Å²) >= 11 is 6.05. The van der Waals surface area contributed by atoms with Gasteiger partial charge in [0.1, 0.15) is 11.5 Å². The van der Waals surface area contributed by atoms with Gasteiger partial charge in [0, 0.05) is 20.1 Å². The third-order valence-corrected chi connectivity index (χ3v) is 2.88. The smallest absolute Gasteiger partial charge is 0.274 e. The number of hydrogen-bond donors (Lipinski definition) is 1. The number of carbonyl (C=O) groups is 1. The molecule has 1 rings (SSSR count). The molecule has 4 nitrogen and oxygen atoms in total. The van der Waals surface area contributed by atoms with Crippen molar-refractivity contribution in [2.24, 2.45) is 0 Å². The maximum Gasteiger partial charge on any atom is 0.274 e. The summed E-state index contributed by atoms with van der Waals surface area (Å²) in [6.45, 7) is 5.56. The van der Waals surface area contributed by atoms with Crippen LogP contribution in [0.25, 0.3) is 0 Å². The third kappa shape index (κ3) is 3.60. The van der Waals surface area contributed by atoms with E-state index in [4.69, 9.17) is 11.6 Å². The van der Waals surface area contributed by atoms with Gasteiger partial charge in [0.2, 0.25) is 0 Å². The van der Waals surface area contributed by atoms with Crippen LogP contribution in [0.5, 0.6) is 0 Å². The molecule has 0 unspecified atom stereocenters. The molecule has 0 aliphatic carbocycles. The molecular formula is C13H20ClN3O. The number of pyridine rings is 1. The topological polar surface area (TPSA) is 45.2 Å². The first-order chi connectivity index (χ1) is 8.63. The van der Waals surface area contributed by atoms with Gasteiger partial charge in [-0.2, -0.15) is 0 Å². The number of anilines is 1. The number of halogens is 1. The van der Waals surface area contributed by atoms with Crippen molar-refractivity contribution in [1.29, 1.82) is 0 Å². The van der Waals surface area contributed by atoms with Crippen LogP contribution in [0.15, 0.2) is 12.1 Å². The standard InChI is InChI=1S/C13H20ClN3O/c1-4-8-17(9-5-2)13(18)12-10(14)6-7-11(15-3)16-12/h6-7H,4-5,8-9H2,1-3H3,(H,15,16). The number of rotatable bonds is 6. The van der Waals surface area contributed by atoms with Crippen molar-refractivity contribution in [2.45, 2.75) is 26.7 Å². The van der Waals surface area contributed by atoms with Gasteiger partial charge in [-0.3, -0.25) is 4.79 Å². The van der Waals surface area contributed by atoms with E-state index >= 15 is 0 Å². The highest BCUT2D eigenvalue weighted by Crippen LogP contribution is 2.18. The summed E-state index contributed by atoms with van der Waals surface area (Å²) in [5, 5.41) is 3.31. The number of nitrogens with zero attached hydrogens (tertiary/aromatic N) is 2. The van der Waals surface area contributed by atoms with Crippen LogP contribution in [0.1, 0.15) is 37.2 Å². The molecule has 0 spiro atoms. The van der Waals surface area contributed by atoms with Crippen molar-refractivity contribution in [1.82, 2.24) is 9.88 Å². The van der Waals surface area contributed by atoms with E-state index in [2.05, 4.69) is 24.1 Å². The number of carbonyl (C=O) groups excluding carboxylic acids is 1. The number of amides is 1. The molecule has 0 radical (unpaired) electrons. The molecular weight excluding hydrogens is 250 g/mol. The minimum absolute atomic E-state index is 0.0965. The monoisotopic (exact) mass is 269 g/mol. The molecule has 5 heteroatoms. The average Bonchev–Trinajstić information content (AvgIpc) is 2.38. The molecule has 0 aromatic carbocycles. The Hall–Kier alpha value is -1.29. The Morgan fingerprint density at radius 1 is 1.33 bits per heavy atom. The summed E-state index contributed by atoms with van der Waals surface area (Å²) in [6, 6.07) is 3.45. The lowest BCUT2D eigenvalue weighted by Gasteiger charge is -2.21. The first-order valence-electron chi connectivity index (χ1n) is 6.27. The Morgan fingerprint density at radius 3 is 2.44 bits per heavy atom. The van der Waals surface area contributed by atoms with Crippen LogP contribution in [0.2, 0.25) is 5.02 Å². The second-order valence-corrected chi connectivity index (χ2v) is 4.48. The van der Waals surface area contributed by atoms with E-state index in [-0.39, 0.29) is 5.91 Å². The molecule has 0 saturated carbocycles. The predicted molar refractivity (Wildman–Crippen MR) is 75.3 cm³/mol. The van der Waals surface area contributed by atoms with Gasteiger partial charge in [-0.25, -0.2) is 4.98 Å². The first-order valence-corrected chi connectivity index (χ1v) is 6.65. The van der Waals surface area contributed by atoms with E-state index in [1.165, 1.54) is 0 Å². The van der Waals surface area contributed by atoms with Gasteiger partial charge in [0.05, 0.1) is 5.02 Å². The van der Waals surface area contributed by atoms with Crippen LogP contribution in [0, 0.1) is 0 Å². The van der Waals surface area contributed by atoms with E-state index in [0.717, 1.165) is 25.9 Å². The number of nitrogens with one attached hydrogen (secondary N) is 1. The fourth-order valence-corrected chi connectivity index (χ4v) is 1.92. The van der Waals surface area contributed by atoms with Crippen LogP contribution < -0.4 is 5.32 Å². The Morgan fingerprint density at radius 2 is 1.94 bits per heavy atom. The lowest BCUT2D eigenvalue weighted by Crippen LogP contribution is -2.33. The SMILES string of the molecule is CCCN(CCC)C(=O)c1nc(NC)ccc1Cl. The minimum atomic E-state index is -0.0965. The van der Waals surface area contributed by atoms with Crippen LogP contribution in [0.3, 0.4) is 0 Å². The molecule has 0 atom stereocenters. The van der Waals surface area contributed by atoms with Gasteiger partial charge in [-0.1, -0.05) is 25.4 Å². The van der Waals surface area contributed by atoms with Crippen LogP contribution in [-0.4, -0.2) is 35.9 Å². The van der Waals surface area contributed by atoms with E-state index in [1.807, 2.05) is 0 Å². The molecule has 0 bridgehead atoms. The van der Waals surface area contributed by atoms with Gasteiger partial charge < -0.3 is 10.2 Å². The molecule has 0 fully saturated rings. The lowest BCUT2D eigenvalue weighted by molar-refractivity contribution is 0.0750. The number of hydrogen-bond acceptors (Lipinski definition) is 3. The van der Waals surface area contributed by atoms with Crippen molar-refractivity contribution in [3.63, 3.8) is 0 Å². The quantitative estimate of drug-likeness (QED) is 0.863. The van der Waals surface area contributed by atoms with Crippen molar-refractivity contribution in [3.8, 4) is 0 Å². The van der Waals surface area contributed by atoms with Gasteiger partial charge >= 0.3 is 0 Å². The Bertz CT molecular complexity index is 403. The summed E-state index contributed by atoms with van der Waals surface area (Å²) < 4.78 is 0. The summed E-state index contributed by atoms with van der Waals surface area (Å²) in [6.07, 6.45) is 1.85. The third-order valence-electron chi connectivity index (χ3n) is 2.58. The molecule has 1 heterocycles. The zero-order valence-corrected chi connectivity index (χ0v) is 11.9. The molecule has 1 N–H and O–H groups in total. The summed E-state index contributed by atoms with van der Waals surface area (Å²) in [5.74, 6) is 0.552. The lowest BCUT2D eigenvalue weighted by atomic mass is 10.2. The van der Waals surface area contributed by atoms with Gasteiger partial charge in [-0.05, 0) is 25.0 Å². The fraction of sp³-hybridized carbons (Fsp3) is 0.538. The van der Waals surface area contributed by atoms with E-state index in [0.29, 0.717) is 16.5 Å². The fourth-order valence-electron chi connectivity index (χ4n) is 1.74. The second kappa shape index (κ2) is 7.21. The van der Waals surface area contributed by atoms with Crippen molar-refractivity contribution in [2.75, 3.05) is 25.5 Å². The van der Waals surface area contributed by atoms with Crippen LogP contribution >= 0.6 is 11.6 Å². The van der Waals surface area contributed by atoms with Crippen LogP contribution in [-0.2, 0) is 0 Å². The Kier molecular flexibility index (Phi) is 5.92. The highest BCUT2D eigenvalue weighted by molar-refractivity contribution is 6.33. The molecule has 1 aromatic heterocycles. The van der Waals surface area contributed by atoms with E-state index in [1.54, 1.807) is 24.1 Å². The molecule has 18 heavy (non-hydrogen) atoms. The average molecular weight is 270 g/mol. The van der Waals surface area contributed by atoms with Crippen molar-refractivity contribution < 1.29 is 4.79 Å². The highest BCUT2D eigenvalue weighted by atomic mass is 35.5. The minimum Gasteiger partial charge on any atom is -0.373 e. The Balaban J connectivity index is 2.99. The largest absolute Gasteiger partial charge is 0.373 e. The van der Waals surface area contributed by atoms with Gasteiger partial charge in [-0.15, -0.1) is 0 Å². The Labute approximate surface area is 113 Å². The molecule has 1 amide bonds. The summed E-state index contributed by atoms with van der Waals surface area (Å²) in [4.78, 5) is 18.4. The van der Waals surface area contributed by atoms with Gasteiger partial charge in [0.25, 0.3) is 5.91 Å². The molecule has 1 aromatic rings. The van der Waals surface area contributed by atoms with Crippen molar-refractivity contribution >= 4 is 23.3 Å². The maximum absolute atomic E-state index is 12.4. The van der Waals surface area contributed by atoms with E-state index < -0.39 is 0 Å². The van der Waals surface area contributed by atoms with Crippen molar-refractivity contribution in [3.05, 3.63) is 22.8 Å². The van der Waals surface area contributed by atoms with Crippen LogP contribution in [0.4, 0.5) is 5.82 Å². The van der Waals surface area contributed by atoms with E-state index in [9.17, 15) is 4.79 Å². The zero-order valence-electron chi connectivity index (χ0n) is 11.2. The first kappa shape index (κ1) is 14.8. The molecule has 0 aliphatic rings. The van der Waals surface area contributed by atoms with Gasteiger partial charge in [0.15, 0.2) is 0 Å². The molecule has 0 aliphatic heterocycles. The summed E-state index contributed by atoms with van der Waals surface area (Å²) in [5.41, 5.74) is 0.324. The number of aromatic nitrogens is 1. The molecule has 100 valence electrons. The predicted octanol–water partition coefficient (Wildman–Crippen LogP) is 3.04. The maximum atomic E-state index is 12.4. The normalized spacial score (nSPS) is 10.2. The molecule has 0 saturated heterocycles. The second-order valence-electron chi connectivity index (χ2n) is 4.07. The summed E-state index contributed by atoms with van der Waals surface area (Å²) in [7, 11) is 1.76. The zero-order chi connectivity index (χ0) is 13.5. The highest BCUT2D eigenvalue weighted by Gasteiger charge is 2.19.